The second-order valence-corrected chi connectivity index (χ2v) is 6.60. The van der Waals surface area contributed by atoms with Gasteiger partial charge in [0, 0.05) is 11.6 Å². The first-order valence-corrected chi connectivity index (χ1v) is 8.92. The summed E-state index contributed by atoms with van der Waals surface area (Å²) >= 11 is 11.9. The van der Waals surface area contributed by atoms with Crippen LogP contribution in [0.15, 0.2) is 42.5 Å². The Morgan fingerprint density at radius 3 is 2.58 bits per heavy atom. The molecule has 0 bridgehead atoms. The molecule has 26 heavy (non-hydrogen) atoms. The van der Waals surface area contributed by atoms with Crippen molar-refractivity contribution in [3.63, 3.8) is 0 Å². The molecule has 1 N–H and O–H groups in total. The zero-order valence-corrected chi connectivity index (χ0v) is 15.8. The van der Waals surface area contributed by atoms with E-state index in [1.54, 1.807) is 30.3 Å². The summed E-state index contributed by atoms with van der Waals surface area (Å²) in [6.45, 7) is 2.14. The highest BCUT2D eigenvalue weighted by atomic mass is 35.5. The third kappa shape index (κ3) is 5.71. The molecule has 7 heteroatoms. The molecule has 0 spiro atoms. The fourth-order valence-electron chi connectivity index (χ4n) is 2.43. The Hall–Kier alpha value is -2.11. The summed E-state index contributed by atoms with van der Waals surface area (Å²) in [7, 11) is 0. The number of carbonyl (C=O) groups is 2. The molecule has 138 valence electrons. The Kier molecular flexibility index (Phi) is 7.42. The molecule has 2 aromatic rings. The van der Waals surface area contributed by atoms with Crippen LogP contribution < -0.4 is 5.32 Å². The number of benzene rings is 2. The van der Waals surface area contributed by atoms with Crippen LogP contribution in [0.2, 0.25) is 10.0 Å². The molecule has 0 unspecified atom stereocenters. The van der Waals surface area contributed by atoms with Crippen molar-refractivity contribution < 1.29 is 14.0 Å². The maximum absolute atomic E-state index is 13.8. The highest BCUT2D eigenvalue weighted by molar-refractivity contribution is 6.35. The SMILES string of the molecule is CCCN(CC(=O)Nc1cc(Cl)ccc1Cl)C(=O)Cc1ccccc1F. The smallest absolute Gasteiger partial charge is 0.244 e. The van der Waals surface area contributed by atoms with Crippen molar-refractivity contribution in [1.82, 2.24) is 4.90 Å². The largest absolute Gasteiger partial charge is 0.333 e. The first kappa shape index (κ1) is 20.2. The van der Waals surface area contributed by atoms with E-state index in [1.807, 2.05) is 6.92 Å². The molecule has 0 aliphatic rings. The molecule has 0 radical (unpaired) electrons. The molecule has 0 heterocycles. The van der Waals surface area contributed by atoms with Crippen LogP contribution in [0.25, 0.3) is 0 Å². The zero-order chi connectivity index (χ0) is 19.1. The fourth-order valence-corrected chi connectivity index (χ4v) is 2.77. The van der Waals surface area contributed by atoms with Crippen LogP contribution in [0.5, 0.6) is 0 Å². The number of hydrogen-bond donors (Lipinski definition) is 1. The molecule has 2 aromatic carbocycles. The van der Waals surface area contributed by atoms with Gasteiger partial charge in [0.15, 0.2) is 0 Å². The van der Waals surface area contributed by atoms with E-state index in [1.165, 1.54) is 17.0 Å². The van der Waals surface area contributed by atoms with Gasteiger partial charge in [0.2, 0.25) is 11.8 Å². The molecule has 4 nitrogen and oxygen atoms in total. The summed E-state index contributed by atoms with van der Waals surface area (Å²) in [5.41, 5.74) is 0.680. The summed E-state index contributed by atoms with van der Waals surface area (Å²) in [6.07, 6.45) is 0.575. The summed E-state index contributed by atoms with van der Waals surface area (Å²) in [5.74, 6) is -1.15. The summed E-state index contributed by atoms with van der Waals surface area (Å²) in [6, 6.07) is 10.8. The molecule has 2 rings (SSSR count). The molecule has 0 aliphatic heterocycles. The second kappa shape index (κ2) is 9.55. The third-order valence-electron chi connectivity index (χ3n) is 3.68. The lowest BCUT2D eigenvalue weighted by Crippen LogP contribution is -2.39. The van der Waals surface area contributed by atoms with Crippen molar-refractivity contribution in [2.24, 2.45) is 0 Å². The van der Waals surface area contributed by atoms with E-state index in [-0.39, 0.29) is 18.9 Å². The van der Waals surface area contributed by atoms with Gasteiger partial charge in [-0.25, -0.2) is 4.39 Å². The fraction of sp³-hybridized carbons (Fsp3) is 0.263. The number of nitrogens with one attached hydrogen (secondary N) is 1. The lowest BCUT2D eigenvalue weighted by molar-refractivity contribution is -0.134. The quantitative estimate of drug-likeness (QED) is 0.745. The van der Waals surface area contributed by atoms with E-state index in [4.69, 9.17) is 23.2 Å². The van der Waals surface area contributed by atoms with E-state index in [9.17, 15) is 14.0 Å². The third-order valence-corrected chi connectivity index (χ3v) is 4.25. The van der Waals surface area contributed by atoms with Crippen molar-refractivity contribution in [3.05, 3.63) is 63.9 Å². The number of amides is 2. The van der Waals surface area contributed by atoms with Gasteiger partial charge >= 0.3 is 0 Å². The second-order valence-electron chi connectivity index (χ2n) is 5.76. The number of rotatable bonds is 7. The molecule has 2 amide bonds. The molecule has 0 aliphatic carbocycles. The highest BCUT2D eigenvalue weighted by Crippen LogP contribution is 2.25. The van der Waals surface area contributed by atoms with Gasteiger partial charge in [0.1, 0.15) is 5.82 Å². The number of nitrogens with zero attached hydrogens (tertiary/aromatic N) is 1. The summed E-state index contributed by atoms with van der Waals surface area (Å²) in [5, 5.41) is 3.43. The van der Waals surface area contributed by atoms with E-state index >= 15 is 0 Å². The monoisotopic (exact) mass is 396 g/mol. The van der Waals surface area contributed by atoms with Crippen LogP contribution in [0, 0.1) is 5.82 Å². The summed E-state index contributed by atoms with van der Waals surface area (Å²) < 4.78 is 13.8. The minimum atomic E-state index is -0.438. The Labute approximate surface area is 161 Å². The average molecular weight is 397 g/mol. The van der Waals surface area contributed by atoms with Crippen LogP contribution >= 0.6 is 23.2 Å². The standard InChI is InChI=1S/C19H19Cl2FN2O2/c1-2-9-24(19(26)10-13-5-3-4-6-16(13)22)12-18(25)23-17-11-14(20)7-8-15(17)21/h3-8,11H,2,9-10,12H2,1H3,(H,23,25). The number of hydrogen-bond acceptors (Lipinski definition) is 2. The first-order valence-electron chi connectivity index (χ1n) is 8.16. The Balaban J connectivity index is 2.04. The van der Waals surface area contributed by atoms with Crippen LogP contribution in [0.1, 0.15) is 18.9 Å². The number of carbonyl (C=O) groups excluding carboxylic acids is 2. The normalized spacial score (nSPS) is 10.5. The van der Waals surface area contributed by atoms with E-state index in [0.29, 0.717) is 34.3 Å². The van der Waals surface area contributed by atoms with Crippen LogP contribution in [0.3, 0.4) is 0 Å². The minimum absolute atomic E-state index is 0.0993. The van der Waals surface area contributed by atoms with Crippen LogP contribution in [0.4, 0.5) is 10.1 Å². The predicted octanol–water partition coefficient (Wildman–Crippen LogP) is 4.55. The van der Waals surface area contributed by atoms with Gasteiger partial charge in [-0.1, -0.05) is 48.3 Å². The van der Waals surface area contributed by atoms with Crippen molar-refractivity contribution in [2.75, 3.05) is 18.4 Å². The van der Waals surface area contributed by atoms with Gasteiger partial charge in [0.25, 0.3) is 0 Å². The number of halogens is 3. The first-order chi connectivity index (χ1) is 12.4. The predicted molar refractivity (Wildman–Crippen MR) is 102 cm³/mol. The minimum Gasteiger partial charge on any atom is -0.333 e. The molecular formula is C19H19Cl2FN2O2. The van der Waals surface area contributed by atoms with Crippen molar-refractivity contribution in [2.45, 2.75) is 19.8 Å². The van der Waals surface area contributed by atoms with Crippen molar-refractivity contribution >= 4 is 40.7 Å². The lowest BCUT2D eigenvalue weighted by atomic mass is 10.1. The molecule has 0 atom stereocenters. The Bertz CT molecular complexity index is 799. The lowest BCUT2D eigenvalue weighted by Gasteiger charge is -2.22. The van der Waals surface area contributed by atoms with Gasteiger partial charge in [-0.3, -0.25) is 9.59 Å². The zero-order valence-electron chi connectivity index (χ0n) is 14.3. The molecule has 0 aromatic heterocycles. The van der Waals surface area contributed by atoms with Crippen molar-refractivity contribution in [1.29, 1.82) is 0 Å². The van der Waals surface area contributed by atoms with Gasteiger partial charge in [-0.2, -0.15) is 0 Å². The van der Waals surface area contributed by atoms with Gasteiger partial charge in [-0.05, 0) is 36.2 Å². The molecule has 0 saturated heterocycles. The molecular weight excluding hydrogens is 378 g/mol. The van der Waals surface area contributed by atoms with Crippen LogP contribution in [-0.4, -0.2) is 29.8 Å². The topological polar surface area (TPSA) is 49.4 Å². The molecule has 0 saturated carbocycles. The maximum Gasteiger partial charge on any atom is 0.244 e. The van der Waals surface area contributed by atoms with E-state index in [0.717, 1.165) is 0 Å². The van der Waals surface area contributed by atoms with Crippen LogP contribution in [-0.2, 0) is 16.0 Å². The van der Waals surface area contributed by atoms with Crippen molar-refractivity contribution in [3.8, 4) is 0 Å². The average Bonchev–Trinajstić information content (AvgIpc) is 2.59. The van der Waals surface area contributed by atoms with Gasteiger partial charge in [-0.15, -0.1) is 0 Å². The van der Waals surface area contributed by atoms with E-state index < -0.39 is 11.7 Å². The van der Waals surface area contributed by atoms with Gasteiger partial charge < -0.3 is 10.2 Å². The van der Waals surface area contributed by atoms with Gasteiger partial charge in [0.05, 0.1) is 23.7 Å². The highest BCUT2D eigenvalue weighted by Gasteiger charge is 2.18. The van der Waals surface area contributed by atoms with E-state index in [2.05, 4.69) is 5.32 Å². The Morgan fingerprint density at radius 2 is 1.88 bits per heavy atom. The number of anilines is 1. The maximum atomic E-state index is 13.8. The summed E-state index contributed by atoms with van der Waals surface area (Å²) in [4.78, 5) is 26.2. The Morgan fingerprint density at radius 1 is 1.15 bits per heavy atom. The molecule has 0 fully saturated rings.